The highest BCUT2D eigenvalue weighted by Gasteiger charge is 2.28. The van der Waals surface area contributed by atoms with E-state index in [1.807, 2.05) is 19.9 Å². The van der Waals surface area contributed by atoms with E-state index in [1.165, 1.54) is 5.57 Å². The lowest BCUT2D eigenvalue weighted by Crippen LogP contribution is -2.50. The van der Waals surface area contributed by atoms with Crippen LogP contribution in [-0.2, 0) is 9.47 Å². The van der Waals surface area contributed by atoms with E-state index in [1.54, 1.807) is 18.2 Å². The molecule has 0 aromatic heterocycles. The molecule has 0 spiro atoms. The minimum Gasteiger partial charge on any atom is -0.454 e. The Kier molecular flexibility index (Phi) is 5.37. The van der Waals surface area contributed by atoms with E-state index in [2.05, 4.69) is 5.32 Å². The Balaban J connectivity index is 1.61. The van der Waals surface area contributed by atoms with Crippen LogP contribution in [0.1, 0.15) is 30.6 Å². The molecule has 0 radical (unpaired) electrons. The van der Waals surface area contributed by atoms with Crippen molar-refractivity contribution in [3.8, 4) is 11.5 Å². The predicted molar refractivity (Wildman–Crippen MR) is 88.4 cm³/mol. The van der Waals surface area contributed by atoms with Gasteiger partial charge in [-0.15, -0.1) is 0 Å². The zero-order valence-corrected chi connectivity index (χ0v) is 14.0. The van der Waals surface area contributed by atoms with E-state index in [0.717, 1.165) is 6.42 Å². The molecule has 6 nitrogen and oxygen atoms in total. The van der Waals surface area contributed by atoms with E-state index in [9.17, 15) is 4.79 Å². The standard InChI is InChI=1S/C18H23NO5/c1-12(2)5-8-22-15-6-7-21-10-14(15)19-18(20)13-3-4-16-17(9-13)24-11-23-16/h3-5,9,14-15H,6-8,10-11H2,1-2H3,(H,19,20)/t14-,15+/m0/s1. The van der Waals surface area contributed by atoms with Gasteiger partial charge in [0.05, 0.1) is 25.4 Å². The van der Waals surface area contributed by atoms with Crippen LogP contribution < -0.4 is 14.8 Å². The Morgan fingerprint density at radius 3 is 3.00 bits per heavy atom. The molecular formula is C18H23NO5. The summed E-state index contributed by atoms with van der Waals surface area (Å²) in [6, 6.07) is 5.01. The molecule has 3 rings (SSSR count). The van der Waals surface area contributed by atoms with Crippen LogP contribution in [0.3, 0.4) is 0 Å². The first kappa shape index (κ1) is 16.8. The molecule has 2 aliphatic heterocycles. The maximum Gasteiger partial charge on any atom is 0.251 e. The summed E-state index contributed by atoms with van der Waals surface area (Å²) in [6.45, 7) is 5.91. The Hall–Kier alpha value is -2.05. The molecule has 2 aliphatic rings. The lowest BCUT2D eigenvalue weighted by molar-refractivity contribution is -0.0457. The summed E-state index contributed by atoms with van der Waals surface area (Å²) in [6.07, 6.45) is 2.75. The van der Waals surface area contributed by atoms with Crippen molar-refractivity contribution in [2.75, 3.05) is 26.6 Å². The van der Waals surface area contributed by atoms with Crippen LogP contribution in [0.25, 0.3) is 0 Å². The van der Waals surface area contributed by atoms with E-state index >= 15 is 0 Å². The maximum atomic E-state index is 12.5. The Morgan fingerprint density at radius 2 is 2.17 bits per heavy atom. The fraction of sp³-hybridized carbons (Fsp3) is 0.500. The number of hydrogen-bond acceptors (Lipinski definition) is 5. The Labute approximate surface area is 141 Å². The predicted octanol–water partition coefficient (Wildman–Crippen LogP) is 2.29. The molecule has 24 heavy (non-hydrogen) atoms. The second-order valence-electron chi connectivity index (χ2n) is 6.16. The number of carbonyl (C=O) groups is 1. The van der Waals surface area contributed by atoms with Gasteiger partial charge < -0.3 is 24.3 Å². The van der Waals surface area contributed by atoms with Crippen molar-refractivity contribution in [2.45, 2.75) is 32.4 Å². The minimum absolute atomic E-state index is 0.0488. The van der Waals surface area contributed by atoms with Crippen molar-refractivity contribution >= 4 is 5.91 Å². The monoisotopic (exact) mass is 333 g/mol. The van der Waals surface area contributed by atoms with Gasteiger partial charge in [0.25, 0.3) is 5.91 Å². The fourth-order valence-electron chi connectivity index (χ4n) is 2.68. The first-order valence-corrected chi connectivity index (χ1v) is 8.16. The van der Waals surface area contributed by atoms with Gasteiger partial charge in [-0.2, -0.15) is 0 Å². The lowest BCUT2D eigenvalue weighted by Gasteiger charge is -2.31. The number of rotatable bonds is 5. The summed E-state index contributed by atoms with van der Waals surface area (Å²) in [7, 11) is 0. The number of carbonyl (C=O) groups excluding carboxylic acids is 1. The highest BCUT2D eigenvalue weighted by molar-refractivity contribution is 5.95. The molecule has 0 bridgehead atoms. The molecule has 1 saturated heterocycles. The second-order valence-corrected chi connectivity index (χ2v) is 6.16. The van der Waals surface area contributed by atoms with Gasteiger partial charge in [0.1, 0.15) is 0 Å². The third-order valence-electron chi connectivity index (χ3n) is 4.05. The van der Waals surface area contributed by atoms with Crippen molar-refractivity contribution in [1.29, 1.82) is 0 Å². The molecule has 130 valence electrons. The summed E-state index contributed by atoms with van der Waals surface area (Å²) in [4.78, 5) is 12.5. The van der Waals surface area contributed by atoms with Gasteiger partial charge in [0.15, 0.2) is 11.5 Å². The molecule has 1 aromatic carbocycles. The average molecular weight is 333 g/mol. The summed E-state index contributed by atoms with van der Waals surface area (Å²) in [5, 5.41) is 3.01. The molecule has 1 amide bonds. The van der Waals surface area contributed by atoms with Crippen LogP contribution >= 0.6 is 0 Å². The van der Waals surface area contributed by atoms with Crippen molar-refractivity contribution in [3.05, 3.63) is 35.4 Å². The van der Waals surface area contributed by atoms with Crippen molar-refractivity contribution in [2.24, 2.45) is 0 Å². The van der Waals surface area contributed by atoms with E-state index in [0.29, 0.717) is 36.9 Å². The summed E-state index contributed by atoms with van der Waals surface area (Å²) in [5.74, 6) is 1.09. The first-order valence-electron chi connectivity index (χ1n) is 8.16. The average Bonchev–Trinajstić information content (AvgIpc) is 3.03. The summed E-state index contributed by atoms with van der Waals surface area (Å²) in [5.41, 5.74) is 1.75. The Morgan fingerprint density at radius 1 is 1.33 bits per heavy atom. The SMILES string of the molecule is CC(C)=CCO[C@@H]1CCOC[C@@H]1NC(=O)c1ccc2c(c1)OCO2. The minimum atomic E-state index is -0.167. The summed E-state index contributed by atoms with van der Waals surface area (Å²) >= 11 is 0. The summed E-state index contributed by atoms with van der Waals surface area (Å²) < 4.78 is 22.0. The highest BCUT2D eigenvalue weighted by Crippen LogP contribution is 2.32. The number of allylic oxidation sites excluding steroid dienone is 1. The third-order valence-corrected chi connectivity index (χ3v) is 4.05. The Bertz CT molecular complexity index is 624. The lowest BCUT2D eigenvalue weighted by atomic mass is 10.1. The van der Waals surface area contributed by atoms with Crippen LogP contribution in [0.5, 0.6) is 11.5 Å². The van der Waals surface area contributed by atoms with Gasteiger partial charge in [-0.25, -0.2) is 0 Å². The molecule has 6 heteroatoms. The molecule has 0 unspecified atom stereocenters. The topological polar surface area (TPSA) is 66.0 Å². The van der Waals surface area contributed by atoms with Gasteiger partial charge in [0, 0.05) is 12.2 Å². The van der Waals surface area contributed by atoms with E-state index < -0.39 is 0 Å². The normalized spacial score (nSPS) is 22.1. The number of nitrogens with one attached hydrogen (secondary N) is 1. The van der Waals surface area contributed by atoms with Gasteiger partial charge in [-0.05, 0) is 38.5 Å². The van der Waals surface area contributed by atoms with Crippen LogP contribution in [0.2, 0.25) is 0 Å². The van der Waals surface area contributed by atoms with Gasteiger partial charge >= 0.3 is 0 Å². The molecule has 0 saturated carbocycles. The number of amides is 1. The maximum absolute atomic E-state index is 12.5. The van der Waals surface area contributed by atoms with E-state index in [4.69, 9.17) is 18.9 Å². The first-order chi connectivity index (χ1) is 11.6. The van der Waals surface area contributed by atoms with Crippen molar-refractivity contribution in [1.82, 2.24) is 5.32 Å². The van der Waals surface area contributed by atoms with Crippen LogP contribution in [0, 0.1) is 0 Å². The van der Waals surface area contributed by atoms with Gasteiger partial charge in [0.2, 0.25) is 6.79 Å². The zero-order valence-electron chi connectivity index (χ0n) is 14.0. The second kappa shape index (κ2) is 7.68. The smallest absolute Gasteiger partial charge is 0.251 e. The largest absolute Gasteiger partial charge is 0.454 e. The van der Waals surface area contributed by atoms with E-state index in [-0.39, 0.29) is 24.8 Å². The van der Waals surface area contributed by atoms with Crippen LogP contribution in [0.4, 0.5) is 0 Å². The fourth-order valence-corrected chi connectivity index (χ4v) is 2.68. The highest BCUT2D eigenvalue weighted by atomic mass is 16.7. The van der Waals surface area contributed by atoms with Crippen LogP contribution in [-0.4, -0.2) is 44.7 Å². The molecule has 0 aliphatic carbocycles. The third kappa shape index (κ3) is 4.07. The van der Waals surface area contributed by atoms with Crippen molar-refractivity contribution < 1.29 is 23.7 Å². The molecule has 2 heterocycles. The molecule has 1 N–H and O–H groups in total. The van der Waals surface area contributed by atoms with Gasteiger partial charge in [-0.1, -0.05) is 11.6 Å². The van der Waals surface area contributed by atoms with Crippen molar-refractivity contribution in [3.63, 3.8) is 0 Å². The number of ether oxygens (including phenoxy) is 4. The van der Waals surface area contributed by atoms with Gasteiger partial charge in [-0.3, -0.25) is 4.79 Å². The molecular weight excluding hydrogens is 310 g/mol. The molecule has 1 fully saturated rings. The molecule has 2 atom stereocenters. The quantitative estimate of drug-likeness (QED) is 0.838. The molecule has 1 aromatic rings. The number of benzene rings is 1. The van der Waals surface area contributed by atoms with Crippen LogP contribution in [0.15, 0.2) is 29.8 Å². The number of hydrogen-bond donors (Lipinski definition) is 1. The number of fused-ring (bicyclic) bond motifs is 1. The zero-order chi connectivity index (χ0) is 16.9.